The van der Waals surface area contributed by atoms with Gasteiger partial charge in [-0.15, -0.1) is 0 Å². The zero-order chi connectivity index (χ0) is 5.98. The number of aromatic nitrogens is 1. The second kappa shape index (κ2) is 2.48. The molecule has 0 aliphatic carbocycles. The van der Waals surface area contributed by atoms with E-state index in [9.17, 15) is 0 Å². The van der Waals surface area contributed by atoms with Crippen molar-refractivity contribution in [3.63, 3.8) is 0 Å². The summed E-state index contributed by atoms with van der Waals surface area (Å²) < 4.78 is 5.65. The Morgan fingerprint density at radius 3 is 2.88 bits per heavy atom. The predicted octanol–water partition coefficient (Wildman–Crippen LogP) is 1.84. The maximum absolute atomic E-state index is 4.79. The first-order chi connectivity index (χ1) is 3.83. The van der Waals surface area contributed by atoms with Crippen LogP contribution in [0.4, 0.5) is 0 Å². The van der Waals surface area contributed by atoms with Crippen molar-refractivity contribution in [2.75, 3.05) is 0 Å². The van der Waals surface area contributed by atoms with E-state index in [4.69, 9.17) is 4.52 Å². The summed E-state index contributed by atoms with van der Waals surface area (Å²) in [7, 11) is 0. The van der Waals surface area contributed by atoms with Gasteiger partial charge >= 0.3 is 0 Å². The maximum Gasteiger partial charge on any atom is 0.196 e. The van der Waals surface area contributed by atoms with Crippen LogP contribution in [0, 0.1) is 3.77 Å². The van der Waals surface area contributed by atoms with Gasteiger partial charge in [0.2, 0.25) is 0 Å². The Labute approximate surface area is 61.4 Å². The fourth-order valence-corrected chi connectivity index (χ4v) is 0.910. The Morgan fingerprint density at radius 2 is 2.62 bits per heavy atom. The van der Waals surface area contributed by atoms with Crippen LogP contribution in [0.2, 0.25) is 0 Å². The number of hydrogen-bond donors (Lipinski definition) is 0. The molecule has 3 heteroatoms. The fourth-order valence-electron chi connectivity index (χ4n) is 0.453. The van der Waals surface area contributed by atoms with Crippen LogP contribution >= 0.6 is 22.6 Å². The van der Waals surface area contributed by atoms with Crippen molar-refractivity contribution in [1.29, 1.82) is 0 Å². The first kappa shape index (κ1) is 6.07. The van der Waals surface area contributed by atoms with E-state index in [1.54, 1.807) is 0 Å². The lowest BCUT2D eigenvalue weighted by molar-refractivity contribution is 0.391. The van der Waals surface area contributed by atoms with Gasteiger partial charge in [0.25, 0.3) is 0 Å². The summed E-state index contributed by atoms with van der Waals surface area (Å²) in [6.45, 7) is 2.05. The molecule has 0 atom stereocenters. The molecule has 0 saturated carbocycles. The molecule has 0 saturated heterocycles. The predicted molar refractivity (Wildman–Crippen MR) is 38.6 cm³/mol. The van der Waals surface area contributed by atoms with E-state index in [2.05, 4.69) is 27.7 Å². The highest BCUT2D eigenvalue weighted by Gasteiger charge is 1.94. The molecule has 0 bridgehead atoms. The molecule has 0 unspecified atom stereocenters. The third kappa shape index (κ3) is 1.21. The average Bonchev–Trinajstić information content (AvgIpc) is 2.14. The van der Waals surface area contributed by atoms with E-state index in [1.807, 2.05) is 13.0 Å². The smallest absolute Gasteiger partial charge is 0.196 e. The lowest BCUT2D eigenvalue weighted by atomic mass is 10.4. The van der Waals surface area contributed by atoms with Crippen LogP contribution in [0.5, 0.6) is 0 Å². The van der Waals surface area contributed by atoms with E-state index in [0.717, 1.165) is 15.9 Å². The lowest BCUT2D eigenvalue weighted by Crippen LogP contribution is -1.73. The summed E-state index contributed by atoms with van der Waals surface area (Å²) in [4.78, 5) is 0. The topological polar surface area (TPSA) is 26.0 Å². The van der Waals surface area contributed by atoms with Crippen molar-refractivity contribution in [2.45, 2.75) is 13.3 Å². The molecule has 0 N–H and O–H groups in total. The Hall–Kier alpha value is -0.0600. The standard InChI is InChI=1S/C5H6INO/c1-2-4-3-5(6)8-7-4/h3H,2H2,1H3. The summed E-state index contributed by atoms with van der Waals surface area (Å²) in [5.41, 5.74) is 1.02. The number of hydrogen-bond acceptors (Lipinski definition) is 2. The molecule has 1 rings (SSSR count). The molecule has 44 valence electrons. The lowest BCUT2D eigenvalue weighted by Gasteiger charge is -1.74. The van der Waals surface area contributed by atoms with E-state index >= 15 is 0 Å². The molecule has 0 aliphatic heterocycles. The maximum atomic E-state index is 4.79. The molecule has 0 fully saturated rings. The highest BCUT2D eigenvalue weighted by molar-refractivity contribution is 14.1. The van der Waals surface area contributed by atoms with Gasteiger partial charge in [-0.05, 0) is 6.42 Å². The van der Waals surface area contributed by atoms with Gasteiger partial charge in [-0.25, -0.2) is 0 Å². The molecule has 0 aromatic carbocycles. The minimum absolute atomic E-state index is 0.861. The molecule has 0 radical (unpaired) electrons. The van der Waals surface area contributed by atoms with E-state index in [-0.39, 0.29) is 0 Å². The summed E-state index contributed by atoms with van der Waals surface area (Å²) in [5.74, 6) is 0. The number of rotatable bonds is 1. The average molecular weight is 223 g/mol. The Morgan fingerprint density at radius 1 is 1.88 bits per heavy atom. The van der Waals surface area contributed by atoms with Crippen LogP contribution in [0.25, 0.3) is 0 Å². The Kier molecular flexibility index (Phi) is 1.88. The van der Waals surface area contributed by atoms with Crippen molar-refractivity contribution in [3.8, 4) is 0 Å². The van der Waals surface area contributed by atoms with Gasteiger partial charge in [-0.3, -0.25) is 0 Å². The molecule has 0 aliphatic rings. The molecule has 1 aromatic rings. The minimum Gasteiger partial charge on any atom is -0.350 e. The summed E-state index contributed by atoms with van der Waals surface area (Å²) in [6.07, 6.45) is 0.951. The van der Waals surface area contributed by atoms with Crippen molar-refractivity contribution >= 4 is 22.6 Å². The quantitative estimate of drug-likeness (QED) is 0.679. The first-order valence-corrected chi connectivity index (χ1v) is 3.52. The summed E-state index contributed by atoms with van der Waals surface area (Å²) >= 11 is 2.09. The third-order valence-electron chi connectivity index (χ3n) is 0.892. The Balaban J connectivity index is 2.84. The number of halogens is 1. The molecule has 0 spiro atoms. The second-order valence-corrected chi connectivity index (χ2v) is 2.54. The van der Waals surface area contributed by atoms with E-state index in [1.165, 1.54) is 0 Å². The van der Waals surface area contributed by atoms with Gasteiger partial charge in [0, 0.05) is 28.7 Å². The molecule has 8 heavy (non-hydrogen) atoms. The van der Waals surface area contributed by atoms with Gasteiger partial charge in [0.1, 0.15) is 0 Å². The molecular formula is C5H6INO. The van der Waals surface area contributed by atoms with Gasteiger partial charge in [-0.2, -0.15) is 0 Å². The molecule has 1 aromatic heterocycles. The van der Waals surface area contributed by atoms with Crippen molar-refractivity contribution in [1.82, 2.24) is 5.16 Å². The third-order valence-corrected chi connectivity index (χ3v) is 1.40. The highest BCUT2D eigenvalue weighted by atomic mass is 127. The largest absolute Gasteiger partial charge is 0.350 e. The van der Waals surface area contributed by atoms with Gasteiger partial charge in [0.15, 0.2) is 3.77 Å². The zero-order valence-electron chi connectivity index (χ0n) is 4.52. The summed E-state index contributed by atoms with van der Waals surface area (Å²) in [6, 6.07) is 1.93. The van der Waals surface area contributed by atoms with Crippen LogP contribution in [0.15, 0.2) is 10.6 Å². The molecule has 1 heterocycles. The SMILES string of the molecule is CCc1cc(I)on1. The highest BCUT2D eigenvalue weighted by Crippen LogP contribution is 2.05. The number of nitrogens with zero attached hydrogens (tertiary/aromatic N) is 1. The van der Waals surface area contributed by atoms with E-state index < -0.39 is 0 Å². The molecule has 2 nitrogen and oxygen atoms in total. The zero-order valence-corrected chi connectivity index (χ0v) is 6.68. The van der Waals surface area contributed by atoms with Crippen molar-refractivity contribution in [2.24, 2.45) is 0 Å². The normalized spacial score (nSPS) is 9.75. The second-order valence-electron chi connectivity index (χ2n) is 1.48. The summed E-state index contributed by atoms with van der Waals surface area (Å²) in [5, 5.41) is 3.75. The monoisotopic (exact) mass is 223 g/mol. The molecule has 0 amide bonds. The van der Waals surface area contributed by atoms with Gasteiger partial charge in [0.05, 0.1) is 5.69 Å². The Bertz CT molecular complexity index is 173. The first-order valence-electron chi connectivity index (χ1n) is 2.44. The van der Waals surface area contributed by atoms with Gasteiger partial charge in [-0.1, -0.05) is 12.1 Å². The van der Waals surface area contributed by atoms with Crippen LogP contribution in [-0.2, 0) is 6.42 Å². The van der Waals surface area contributed by atoms with Crippen LogP contribution in [-0.4, -0.2) is 5.16 Å². The van der Waals surface area contributed by atoms with Crippen LogP contribution < -0.4 is 0 Å². The van der Waals surface area contributed by atoms with Crippen molar-refractivity contribution in [3.05, 3.63) is 15.5 Å². The fraction of sp³-hybridized carbons (Fsp3) is 0.400. The van der Waals surface area contributed by atoms with Crippen molar-refractivity contribution < 1.29 is 4.52 Å². The molecular weight excluding hydrogens is 217 g/mol. The van der Waals surface area contributed by atoms with E-state index in [0.29, 0.717) is 0 Å². The van der Waals surface area contributed by atoms with Gasteiger partial charge < -0.3 is 4.52 Å². The van der Waals surface area contributed by atoms with Crippen LogP contribution in [0.1, 0.15) is 12.6 Å². The van der Waals surface area contributed by atoms with Crippen LogP contribution in [0.3, 0.4) is 0 Å². The number of aryl methyl sites for hydroxylation is 1. The minimum atomic E-state index is 0.861.